The van der Waals surface area contributed by atoms with Crippen LogP contribution in [0.5, 0.6) is 0 Å². The maximum Gasteiger partial charge on any atom is 0.206 e. The monoisotopic (exact) mass is 308 g/mol. The summed E-state index contributed by atoms with van der Waals surface area (Å²) in [6.07, 6.45) is 3.17. The number of rotatable bonds is 3. The lowest BCUT2D eigenvalue weighted by molar-refractivity contribution is 0.104. The average Bonchev–Trinajstić information content (AvgIpc) is 2.54. The zero-order chi connectivity index (χ0) is 15.5. The molecule has 0 unspecified atom stereocenters. The second-order valence-corrected chi connectivity index (χ2v) is 5.32. The van der Waals surface area contributed by atoms with Crippen LogP contribution in [0.2, 0.25) is 5.02 Å². The molecule has 0 fully saturated rings. The minimum atomic E-state index is -0.185. The van der Waals surface area contributed by atoms with Crippen LogP contribution >= 0.6 is 11.6 Å². The summed E-state index contributed by atoms with van der Waals surface area (Å²) >= 11 is 6.07. The summed E-state index contributed by atoms with van der Waals surface area (Å²) in [4.78, 5) is 12.4. The van der Waals surface area contributed by atoms with Crippen LogP contribution in [-0.2, 0) is 0 Å². The van der Waals surface area contributed by atoms with Crippen molar-refractivity contribution in [2.45, 2.75) is 6.92 Å². The predicted molar refractivity (Wildman–Crippen MR) is 89.1 cm³/mol. The minimum absolute atomic E-state index is 0.185. The Morgan fingerprint density at radius 3 is 2.59 bits per heavy atom. The van der Waals surface area contributed by atoms with Crippen LogP contribution in [0.25, 0.3) is 17.0 Å². The molecule has 0 spiro atoms. The lowest BCUT2D eigenvalue weighted by Crippen LogP contribution is -2.04. The Morgan fingerprint density at radius 2 is 1.77 bits per heavy atom. The van der Waals surface area contributed by atoms with Crippen molar-refractivity contribution in [2.24, 2.45) is 0 Å². The van der Waals surface area contributed by atoms with Crippen molar-refractivity contribution in [1.82, 2.24) is 10.2 Å². The largest absolute Gasteiger partial charge is 0.287 e. The molecule has 3 nitrogen and oxygen atoms in total. The van der Waals surface area contributed by atoms with Gasteiger partial charge in [0.05, 0.1) is 5.52 Å². The third kappa shape index (κ3) is 2.76. The number of carbonyl (C=O) groups is 1. The smallest absolute Gasteiger partial charge is 0.206 e. The highest BCUT2D eigenvalue weighted by Crippen LogP contribution is 2.20. The molecule has 1 aromatic heterocycles. The van der Waals surface area contributed by atoms with E-state index in [1.165, 1.54) is 6.08 Å². The first kappa shape index (κ1) is 14.4. The van der Waals surface area contributed by atoms with Crippen molar-refractivity contribution in [2.75, 3.05) is 0 Å². The number of halogens is 1. The van der Waals surface area contributed by atoms with Crippen LogP contribution in [0, 0.1) is 6.92 Å². The summed E-state index contributed by atoms with van der Waals surface area (Å²) in [6, 6.07) is 15.0. The Morgan fingerprint density at radius 1 is 1.05 bits per heavy atom. The number of hydrogen-bond acceptors (Lipinski definition) is 3. The van der Waals surface area contributed by atoms with E-state index in [4.69, 9.17) is 11.6 Å². The number of hydrogen-bond donors (Lipinski definition) is 0. The fourth-order valence-corrected chi connectivity index (χ4v) is 2.47. The van der Waals surface area contributed by atoms with Gasteiger partial charge in [0.1, 0.15) is 5.69 Å². The molecule has 0 bridgehead atoms. The number of carbonyl (C=O) groups excluding carboxylic acids is 1. The van der Waals surface area contributed by atoms with E-state index in [1.54, 1.807) is 12.1 Å². The third-order valence-electron chi connectivity index (χ3n) is 3.47. The van der Waals surface area contributed by atoms with Gasteiger partial charge in [0.25, 0.3) is 0 Å². The molecule has 108 valence electrons. The molecule has 3 rings (SSSR count). The summed E-state index contributed by atoms with van der Waals surface area (Å²) in [7, 11) is 0. The Bertz CT molecular complexity index is 887. The quantitative estimate of drug-likeness (QED) is 0.529. The third-order valence-corrected chi connectivity index (χ3v) is 3.82. The van der Waals surface area contributed by atoms with E-state index in [2.05, 4.69) is 10.2 Å². The number of aromatic nitrogens is 2. The van der Waals surface area contributed by atoms with E-state index in [-0.39, 0.29) is 5.78 Å². The topological polar surface area (TPSA) is 42.9 Å². The zero-order valence-corrected chi connectivity index (χ0v) is 12.7. The summed E-state index contributed by atoms with van der Waals surface area (Å²) in [5.74, 6) is -0.185. The van der Waals surface area contributed by atoms with E-state index >= 15 is 0 Å². The van der Waals surface area contributed by atoms with Crippen molar-refractivity contribution < 1.29 is 4.79 Å². The number of aryl methyl sites for hydroxylation is 1. The normalized spacial score (nSPS) is 11.2. The van der Waals surface area contributed by atoms with Crippen LogP contribution in [0.3, 0.4) is 0 Å². The second kappa shape index (κ2) is 6.08. The number of fused-ring (bicyclic) bond motifs is 1. The first-order valence-corrected chi connectivity index (χ1v) is 7.23. The fourth-order valence-electron chi connectivity index (χ4n) is 2.27. The predicted octanol–water partition coefficient (Wildman–Crippen LogP) is 4.49. The summed E-state index contributed by atoms with van der Waals surface area (Å²) in [5.41, 5.74) is 2.77. The SMILES string of the molecule is Cc1c(C(=O)/C=C/c2ccccc2Cl)nnc2ccccc12. The molecular formula is C18H13ClN2O. The Hall–Kier alpha value is -2.52. The Kier molecular flexibility index (Phi) is 3.98. The maximum atomic E-state index is 12.4. The second-order valence-electron chi connectivity index (χ2n) is 4.91. The molecule has 0 radical (unpaired) electrons. The summed E-state index contributed by atoms with van der Waals surface area (Å²) < 4.78 is 0. The van der Waals surface area contributed by atoms with Crippen molar-refractivity contribution in [1.29, 1.82) is 0 Å². The van der Waals surface area contributed by atoms with Crippen LogP contribution < -0.4 is 0 Å². The maximum absolute atomic E-state index is 12.4. The van der Waals surface area contributed by atoms with Crippen LogP contribution in [0.1, 0.15) is 21.6 Å². The minimum Gasteiger partial charge on any atom is -0.287 e. The van der Waals surface area contributed by atoms with Crippen LogP contribution in [-0.4, -0.2) is 16.0 Å². The highest BCUT2D eigenvalue weighted by molar-refractivity contribution is 6.32. The van der Waals surface area contributed by atoms with Gasteiger partial charge in [0, 0.05) is 10.4 Å². The number of allylic oxidation sites excluding steroid dienone is 1. The van der Waals surface area contributed by atoms with Crippen LogP contribution in [0.4, 0.5) is 0 Å². The average molecular weight is 309 g/mol. The van der Waals surface area contributed by atoms with Crippen molar-refractivity contribution in [3.63, 3.8) is 0 Å². The van der Waals surface area contributed by atoms with E-state index < -0.39 is 0 Å². The lowest BCUT2D eigenvalue weighted by atomic mass is 10.1. The van der Waals surface area contributed by atoms with Crippen LogP contribution in [0.15, 0.2) is 54.6 Å². The van der Waals surface area contributed by atoms with Gasteiger partial charge in [-0.2, -0.15) is 0 Å². The summed E-state index contributed by atoms with van der Waals surface area (Å²) in [5, 5.41) is 9.70. The molecule has 0 N–H and O–H groups in total. The highest BCUT2D eigenvalue weighted by Gasteiger charge is 2.11. The first-order chi connectivity index (χ1) is 10.7. The molecule has 4 heteroatoms. The van der Waals surface area contributed by atoms with E-state index in [0.717, 1.165) is 22.0 Å². The van der Waals surface area contributed by atoms with E-state index in [1.807, 2.05) is 49.4 Å². The van der Waals surface area contributed by atoms with Gasteiger partial charge >= 0.3 is 0 Å². The summed E-state index contributed by atoms with van der Waals surface area (Å²) in [6.45, 7) is 1.88. The van der Waals surface area contributed by atoms with Crippen molar-refractivity contribution >= 4 is 34.4 Å². The van der Waals surface area contributed by atoms with Gasteiger partial charge in [-0.05, 0) is 42.3 Å². The molecule has 0 amide bonds. The zero-order valence-electron chi connectivity index (χ0n) is 12.0. The molecule has 0 saturated carbocycles. The number of benzene rings is 2. The molecule has 0 aliphatic rings. The number of nitrogens with zero attached hydrogens (tertiary/aromatic N) is 2. The molecule has 22 heavy (non-hydrogen) atoms. The van der Waals surface area contributed by atoms with E-state index in [9.17, 15) is 4.79 Å². The molecule has 3 aromatic rings. The molecule has 2 aromatic carbocycles. The fraction of sp³-hybridized carbons (Fsp3) is 0.0556. The van der Waals surface area contributed by atoms with Gasteiger partial charge in [0.2, 0.25) is 5.78 Å². The van der Waals surface area contributed by atoms with Gasteiger partial charge in [-0.3, -0.25) is 4.79 Å². The first-order valence-electron chi connectivity index (χ1n) is 6.86. The van der Waals surface area contributed by atoms with Gasteiger partial charge in [0.15, 0.2) is 0 Å². The van der Waals surface area contributed by atoms with Crippen molar-refractivity contribution in [3.8, 4) is 0 Å². The lowest BCUT2D eigenvalue weighted by Gasteiger charge is -2.04. The molecule has 0 aliphatic carbocycles. The Labute approximate surface area is 133 Å². The van der Waals surface area contributed by atoms with Gasteiger partial charge < -0.3 is 0 Å². The number of ketones is 1. The molecule has 0 aliphatic heterocycles. The van der Waals surface area contributed by atoms with Gasteiger partial charge in [-0.25, -0.2) is 0 Å². The molecule has 1 heterocycles. The van der Waals surface area contributed by atoms with Gasteiger partial charge in [-0.1, -0.05) is 48.0 Å². The van der Waals surface area contributed by atoms with Crippen molar-refractivity contribution in [3.05, 3.63) is 76.5 Å². The van der Waals surface area contributed by atoms with E-state index in [0.29, 0.717) is 10.7 Å². The van der Waals surface area contributed by atoms with Gasteiger partial charge in [-0.15, -0.1) is 10.2 Å². The molecular weight excluding hydrogens is 296 g/mol. The molecule has 0 atom stereocenters. The Balaban J connectivity index is 1.96. The molecule has 0 saturated heterocycles. The standard InChI is InChI=1S/C18H13ClN2O/c1-12-14-7-3-5-9-16(14)20-21-18(12)17(22)11-10-13-6-2-4-8-15(13)19/h2-11H,1H3/b11-10+. The highest BCUT2D eigenvalue weighted by atomic mass is 35.5.